The van der Waals surface area contributed by atoms with E-state index in [4.69, 9.17) is 9.84 Å². The quantitative estimate of drug-likeness (QED) is 0.595. The predicted octanol–water partition coefficient (Wildman–Crippen LogP) is 0.406. The molecular weight excluding hydrogens is 264 g/mol. The molecule has 1 aromatic rings. The number of methoxy groups -OCH3 is 1. The van der Waals surface area contributed by atoms with Gasteiger partial charge < -0.3 is 25.6 Å². The summed E-state index contributed by atoms with van der Waals surface area (Å²) in [5, 5.41) is 23.9. The molecule has 0 aromatic heterocycles. The van der Waals surface area contributed by atoms with Crippen LogP contribution in [-0.2, 0) is 9.53 Å². The van der Waals surface area contributed by atoms with Gasteiger partial charge in [0.05, 0.1) is 23.4 Å². The molecule has 4 N–H and O–H groups in total. The molecule has 1 aliphatic rings. The molecule has 0 spiro atoms. The zero-order chi connectivity index (χ0) is 14.7. The van der Waals surface area contributed by atoms with Gasteiger partial charge in [0.2, 0.25) is 5.91 Å². The first-order chi connectivity index (χ1) is 9.51. The van der Waals surface area contributed by atoms with Crippen LogP contribution in [0.1, 0.15) is 16.8 Å². The van der Waals surface area contributed by atoms with Crippen LogP contribution in [0.15, 0.2) is 18.2 Å². The summed E-state index contributed by atoms with van der Waals surface area (Å²) in [7, 11) is 1.58. The summed E-state index contributed by atoms with van der Waals surface area (Å²) in [6.07, 6.45) is 0.507. The molecule has 2 atom stereocenters. The van der Waals surface area contributed by atoms with E-state index in [1.165, 1.54) is 12.1 Å². The summed E-state index contributed by atoms with van der Waals surface area (Å²) < 4.78 is 5.15. The largest absolute Gasteiger partial charge is 0.508 e. The van der Waals surface area contributed by atoms with Crippen molar-refractivity contribution in [2.24, 2.45) is 0 Å². The Balaban J connectivity index is 2.10. The van der Waals surface area contributed by atoms with Gasteiger partial charge in [-0.3, -0.25) is 4.79 Å². The Morgan fingerprint density at radius 2 is 2.20 bits per heavy atom. The molecule has 0 aliphatic carbocycles. The van der Waals surface area contributed by atoms with E-state index in [-0.39, 0.29) is 29.0 Å². The summed E-state index contributed by atoms with van der Waals surface area (Å²) >= 11 is 0. The van der Waals surface area contributed by atoms with Gasteiger partial charge in [-0.05, 0) is 24.6 Å². The lowest BCUT2D eigenvalue weighted by Gasteiger charge is -2.13. The van der Waals surface area contributed by atoms with E-state index in [2.05, 4.69) is 10.6 Å². The highest BCUT2D eigenvalue weighted by atomic mass is 16.5. The maximum atomic E-state index is 12.1. The maximum Gasteiger partial charge on any atom is 0.337 e. The van der Waals surface area contributed by atoms with E-state index in [9.17, 15) is 14.7 Å². The first-order valence-corrected chi connectivity index (χ1v) is 6.14. The van der Waals surface area contributed by atoms with E-state index < -0.39 is 12.0 Å². The third kappa shape index (κ3) is 3.06. The Hall–Kier alpha value is -2.12. The number of hydrogen-bond donors (Lipinski definition) is 4. The number of carboxylic acids is 1. The molecule has 2 unspecified atom stereocenters. The summed E-state index contributed by atoms with van der Waals surface area (Å²) in [6.45, 7) is 0.579. The van der Waals surface area contributed by atoms with Crippen LogP contribution < -0.4 is 10.6 Å². The zero-order valence-electron chi connectivity index (χ0n) is 10.9. The van der Waals surface area contributed by atoms with Crippen LogP contribution in [0.5, 0.6) is 5.75 Å². The highest BCUT2D eigenvalue weighted by Gasteiger charge is 2.29. The third-order valence-electron chi connectivity index (χ3n) is 3.23. The fraction of sp³-hybridized carbons (Fsp3) is 0.385. The summed E-state index contributed by atoms with van der Waals surface area (Å²) in [5.41, 5.74) is 0.00241. The molecule has 20 heavy (non-hydrogen) atoms. The standard InChI is InChI=1S/C13H16N2O5/c1-20-8-5-11(14-6-8)12(17)15-10-3-2-7(16)4-9(10)13(18)19/h2-4,8,11,14,16H,5-6H2,1H3,(H,15,17)(H,18,19). The van der Waals surface area contributed by atoms with Crippen LogP contribution in [0.3, 0.4) is 0 Å². The molecule has 1 saturated heterocycles. The van der Waals surface area contributed by atoms with E-state index >= 15 is 0 Å². The van der Waals surface area contributed by atoms with Crippen LogP contribution in [0.4, 0.5) is 5.69 Å². The summed E-state index contributed by atoms with van der Waals surface area (Å²) in [6, 6.07) is 3.36. The average Bonchev–Trinajstić information content (AvgIpc) is 2.89. The Bertz CT molecular complexity index is 531. The van der Waals surface area contributed by atoms with Crippen molar-refractivity contribution < 1.29 is 24.5 Å². The van der Waals surface area contributed by atoms with Gasteiger partial charge in [-0.25, -0.2) is 4.79 Å². The fourth-order valence-electron chi connectivity index (χ4n) is 2.12. The average molecular weight is 280 g/mol. The Labute approximate surface area is 115 Å². The van der Waals surface area contributed by atoms with Gasteiger partial charge >= 0.3 is 5.97 Å². The molecule has 7 nitrogen and oxygen atoms in total. The minimum atomic E-state index is -1.22. The van der Waals surface area contributed by atoms with Crippen molar-refractivity contribution in [2.75, 3.05) is 19.0 Å². The van der Waals surface area contributed by atoms with Crippen molar-refractivity contribution in [1.82, 2.24) is 5.32 Å². The van der Waals surface area contributed by atoms with Crippen molar-refractivity contribution in [1.29, 1.82) is 0 Å². The van der Waals surface area contributed by atoms with Gasteiger partial charge in [-0.15, -0.1) is 0 Å². The minimum absolute atomic E-state index is 0.0236. The Morgan fingerprint density at radius 3 is 2.80 bits per heavy atom. The number of aromatic carboxylic acids is 1. The lowest BCUT2D eigenvalue weighted by Crippen LogP contribution is -2.35. The first kappa shape index (κ1) is 14.3. The molecule has 108 valence electrons. The van der Waals surface area contributed by atoms with Crippen molar-refractivity contribution >= 4 is 17.6 Å². The number of carbonyl (C=O) groups is 2. The van der Waals surface area contributed by atoms with Gasteiger partial charge in [0.15, 0.2) is 0 Å². The number of amides is 1. The number of hydrogen-bond acceptors (Lipinski definition) is 5. The smallest absolute Gasteiger partial charge is 0.337 e. The molecule has 0 radical (unpaired) electrons. The lowest BCUT2D eigenvalue weighted by molar-refractivity contribution is -0.118. The molecule has 0 saturated carbocycles. The van der Waals surface area contributed by atoms with Crippen LogP contribution in [0.2, 0.25) is 0 Å². The Kier molecular flexibility index (Phi) is 4.21. The molecule has 1 aliphatic heterocycles. The number of carboxylic acid groups (broad SMARTS) is 1. The number of nitrogens with one attached hydrogen (secondary N) is 2. The van der Waals surface area contributed by atoms with Crippen molar-refractivity contribution in [3.05, 3.63) is 23.8 Å². The van der Waals surface area contributed by atoms with E-state index in [0.29, 0.717) is 13.0 Å². The zero-order valence-corrected chi connectivity index (χ0v) is 10.9. The molecule has 0 bridgehead atoms. The van der Waals surface area contributed by atoms with E-state index in [1.54, 1.807) is 7.11 Å². The van der Waals surface area contributed by atoms with Gasteiger partial charge in [0.25, 0.3) is 0 Å². The first-order valence-electron chi connectivity index (χ1n) is 6.14. The number of aromatic hydroxyl groups is 1. The third-order valence-corrected chi connectivity index (χ3v) is 3.23. The fourth-order valence-corrected chi connectivity index (χ4v) is 2.12. The molecule has 7 heteroatoms. The second-order valence-electron chi connectivity index (χ2n) is 4.58. The topological polar surface area (TPSA) is 108 Å². The highest BCUT2D eigenvalue weighted by Crippen LogP contribution is 2.22. The monoisotopic (exact) mass is 280 g/mol. The van der Waals surface area contributed by atoms with Crippen LogP contribution in [0, 0.1) is 0 Å². The second-order valence-corrected chi connectivity index (χ2v) is 4.58. The molecular formula is C13H16N2O5. The molecule has 1 fully saturated rings. The number of anilines is 1. The number of rotatable bonds is 4. The van der Waals surface area contributed by atoms with E-state index in [1.807, 2.05) is 0 Å². The van der Waals surface area contributed by atoms with Crippen LogP contribution in [-0.4, -0.2) is 47.9 Å². The van der Waals surface area contributed by atoms with Crippen molar-refractivity contribution in [3.63, 3.8) is 0 Å². The van der Waals surface area contributed by atoms with Crippen LogP contribution >= 0.6 is 0 Å². The number of benzene rings is 1. The normalized spacial score (nSPS) is 21.6. The van der Waals surface area contributed by atoms with Gasteiger partial charge in [-0.1, -0.05) is 0 Å². The molecule has 2 rings (SSSR count). The summed E-state index contributed by atoms with van der Waals surface area (Å²) in [4.78, 5) is 23.1. The Morgan fingerprint density at radius 1 is 1.45 bits per heavy atom. The molecule has 1 aromatic carbocycles. The minimum Gasteiger partial charge on any atom is -0.508 e. The predicted molar refractivity (Wildman–Crippen MR) is 70.9 cm³/mol. The highest BCUT2D eigenvalue weighted by molar-refractivity contribution is 6.02. The van der Waals surface area contributed by atoms with Gasteiger partial charge in [0, 0.05) is 13.7 Å². The number of ether oxygens (including phenoxy) is 1. The van der Waals surface area contributed by atoms with Gasteiger partial charge in [-0.2, -0.15) is 0 Å². The van der Waals surface area contributed by atoms with Crippen molar-refractivity contribution in [3.8, 4) is 5.75 Å². The van der Waals surface area contributed by atoms with Crippen molar-refractivity contribution in [2.45, 2.75) is 18.6 Å². The molecule has 1 amide bonds. The second kappa shape index (κ2) is 5.89. The van der Waals surface area contributed by atoms with Crippen LogP contribution in [0.25, 0.3) is 0 Å². The summed E-state index contributed by atoms with van der Waals surface area (Å²) in [5.74, 6) is -1.71. The number of phenols is 1. The number of carbonyl (C=O) groups excluding carboxylic acids is 1. The maximum absolute atomic E-state index is 12.1. The molecule has 1 heterocycles. The van der Waals surface area contributed by atoms with E-state index in [0.717, 1.165) is 6.07 Å². The van der Waals surface area contributed by atoms with Gasteiger partial charge in [0.1, 0.15) is 5.75 Å². The number of phenolic OH excluding ortho intramolecular Hbond substituents is 1. The SMILES string of the molecule is COC1CNC(C(=O)Nc2ccc(O)cc2C(=O)O)C1. The lowest BCUT2D eigenvalue weighted by atomic mass is 10.1.